The van der Waals surface area contributed by atoms with Crippen LogP contribution in [0.3, 0.4) is 0 Å². The van der Waals surface area contributed by atoms with Crippen molar-refractivity contribution in [1.82, 2.24) is 0 Å². The third-order valence-corrected chi connectivity index (χ3v) is 2.35. The first-order valence-electron chi connectivity index (χ1n) is 5.13. The maximum Gasteiger partial charge on any atom is 0.307 e. The summed E-state index contributed by atoms with van der Waals surface area (Å²) in [5.74, 6) is 0.783. The van der Waals surface area contributed by atoms with Crippen LogP contribution >= 0.6 is 0 Å². The molecule has 13 heavy (non-hydrogen) atoms. The SMILES string of the molecule is CCCC1=C(OC(C)=O)CCCC1. The Morgan fingerprint density at radius 3 is 2.69 bits per heavy atom. The van der Waals surface area contributed by atoms with Crippen LogP contribution in [0.15, 0.2) is 11.3 Å². The summed E-state index contributed by atoms with van der Waals surface area (Å²) in [6.07, 6.45) is 6.71. The Bertz CT molecular complexity index is 216. The first-order chi connectivity index (χ1) is 6.24. The standard InChI is InChI=1S/C11H18O2/c1-3-6-10-7-4-5-8-11(10)13-9(2)12/h3-8H2,1-2H3. The predicted molar refractivity (Wildman–Crippen MR) is 52.2 cm³/mol. The average Bonchev–Trinajstić information content (AvgIpc) is 2.08. The second-order valence-electron chi connectivity index (χ2n) is 3.58. The normalized spacial score (nSPS) is 17.4. The molecule has 2 heteroatoms. The molecule has 0 heterocycles. The minimum Gasteiger partial charge on any atom is -0.431 e. The molecule has 2 nitrogen and oxygen atoms in total. The molecule has 0 aliphatic heterocycles. The van der Waals surface area contributed by atoms with Crippen LogP contribution in [0.25, 0.3) is 0 Å². The molecule has 0 atom stereocenters. The number of carbonyl (C=O) groups is 1. The molecule has 0 saturated carbocycles. The van der Waals surface area contributed by atoms with Gasteiger partial charge in [0.25, 0.3) is 0 Å². The van der Waals surface area contributed by atoms with Crippen LogP contribution in [0, 0.1) is 0 Å². The second kappa shape index (κ2) is 5.05. The molecule has 1 rings (SSSR count). The van der Waals surface area contributed by atoms with Crippen molar-refractivity contribution in [1.29, 1.82) is 0 Å². The van der Waals surface area contributed by atoms with E-state index in [9.17, 15) is 4.79 Å². The molecule has 0 bridgehead atoms. The molecule has 0 amide bonds. The molecule has 0 saturated heterocycles. The third-order valence-electron chi connectivity index (χ3n) is 2.35. The van der Waals surface area contributed by atoms with Gasteiger partial charge in [-0.2, -0.15) is 0 Å². The predicted octanol–water partition coefficient (Wildman–Crippen LogP) is 3.18. The first kappa shape index (κ1) is 10.3. The number of hydrogen-bond acceptors (Lipinski definition) is 2. The van der Waals surface area contributed by atoms with Gasteiger partial charge in [-0.1, -0.05) is 13.3 Å². The van der Waals surface area contributed by atoms with E-state index in [2.05, 4.69) is 6.92 Å². The molecule has 1 aliphatic rings. The Morgan fingerprint density at radius 1 is 1.38 bits per heavy atom. The van der Waals surface area contributed by atoms with Gasteiger partial charge in [0.2, 0.25) is 0 Å². The van der Waals surface area contributed by atoms with Gasteiger partial charge in [0, 0.05) is 13.3 Å². The molecular formula is C11H18O2. The molecule has 0 unspecified atom stereocenters. The zero-order valence-corrected chi connectivity index (χ0v) is 8.56. The van der Waals surface area contributed by atoms with Crippen LogP contribution in [0.1, 0.15) is 52.4 Å². The van der Waals surface area contributed by atoms with Crippen molar-refractivity contribution in [2.75, 3.05) is 0 Å². The minimum atomic E-state index is -0.175. The van der Waals surface area contributed by atoms with E-state index in [1.54, 1.807) is 0 Å². The summed E-state index contributed by atoms with van der Waals surface area (Å²) in [6, 6.07) is 0. The fraction of sp³-hybridized carbons (Fsp3) is 0.727. The van der Waals surface area contributed by atoms with Crippen molar-refractivity contribution in [3.8, 4) is 0 Å². The monoisotopic (exact) mass is 182 g/mol. The zero-order chi connectivity index (χ0) is 9.68. The number of esters is 1. The maximum absolute atomic E-state index is 10.8. The molecule has 74 valence electrons. The van der Waals surface area contributed by atoms with Crippen molar-refractivity contribution in [2.24, 2.45) is 0 Å². The molecule has 0 aromatic carbocycles. The Labute approximate surface area is 80.0 Å². The highest BCUT2D eigenvalue weighted by Gasteiger charge is 2.14. The van der Waals surface area contributed by atoms with Gasteiger partial charge in [-0.25, -0.2) is 0 Å². The fourth-order valence-corrected chi connectivity index (χ4v) is 1.80. The molecule has 0 aromatic rings. The van der Waals surface area contributed by atoms with Crippen LogP contribution < -0.4 is 0 Å². The topological polar surface area (TPSA) is 26.3 Å². The molecule has 0 fully saturated rings. The molecule has 0 radical (unpaired) electrons. The summed E-state index contributed by atoms with van der Waals surface area (Å²) in [4.78, 5) is 10.8. The maximum atomic E-state index is 10.8. The van der Waals surface area contributed by atoms with E-state index in [4.69, 9.17) is 4.74 Å². The van der Waals surface area contributed by atoms with Gasteiger partial charge >= 0.3 is 5.97 Å². The average molecular weight is 182 g/mol. The quantitative estimate of drug-likeness (QED) is 0.626. The van der Waals surface area contributed by atoms with Gasteiger partial charge in [-0.05, 0) is 31.3 Å². The lowest BCUT2D eigenvalue weighted by Crippen LogP contribution is -2.06. The van der Waals surface area contributed by atoms with Crippen LogP contribution in [0.4, 0.5) is 0 Å². The summed E-state index contributed by atoms with van der Waals surface area (Å²) in [7, 11) is 0. The lowest BCUT2D eigenvalue weighted by atomic mass is 9.94. The molecule has 0 aromatic heterocycles. The van der Waals surface area contributed by atoms with Gasteiger partial charge in [0.1, 0.15) is 5.76 Å². The summed E-state index contributed by atoms with van der Waals surface area (Å²) in [5.41, 5.74) is 1.36. The summed E-state index contributed by atoms with van der Waals surface area (Å²) < 4.78 is 5.20. The van der Waals surface area contributed by atoms with Crippen LogP contribution in [-0.4, -0.2) is 5.97 Å². The Hall–Kier alpha value is -0.790. The molecule has 0 spiro atoms. The number of carbonyl (C=O) groups excluding carboxylic acids is 1. The van der Waals surface area contributed by atoms with E-state index >= 15 is 0 Å². The van der Waals surface area contributed by atoms with E-state index in [-0.39, 0.29) is 5.97 Å². The Morgan fingerprint density at radius 2 is 2.08 bits per heavy atom. The Kier molecular flexibility index (Phi) is 4.00. The summed E-state index contributed by atoms with van der Waals surface area (Å²) >= 11 is 0. The largest absolute Gasteiger partial charge is 0.431 e. The Balaban J connectivity index is 2.64. The summed E-state index contributed by atoms with van der Waals surface area (Å²) in [6.45, 7) is 3.64. The summed E-state index contributed by atoms with van der Waals surface area (Å²) in [5, 5.41) is 0. The third kappa shape index (κ3) is 3.21. The lowest BCUT2D eigenvalue weighted by molar-refractivity contribution is -0.137. The number of allylic oxidation sites excluding steroid dienone is 2. The van der Waals surface area contributed by atoms with Gasteiger partial charge < -0.3 is 4.74 Å². The number of hydrogen-bond donors (Lipinski definition) is 0. The number of ether oxygens (including phenoxy) is 1. The number of rotatable bonds is 3. The van der Waals surface area contributed by atoms with Crippen LogP contribution in [0.5, 0.6) is 0 Å². The van der Waals surface area contributed by atoms with Crippen LogP contribution in [0.2, 0.25) is 0 Å². The van der Waals surface area contributed by atoms with Gasteiger partial charge in [-0.3, -0.25) is 4.79 Å². The second-order valence-corrected chi connectivity index (χ2v) is 3.58. The van der Waals surface area contributed by atoms with E-state index in [0.717, 1.165) is 37.9 Å². The molecule has 1 aliphatic carbocycles. The molecule has 0 N–H and O–H groups in total. The van der Waals surface area contributed by atoms with Gasteiger partial charge in [0.15, 0.2) is 0 Å². The van der Waals surface area contributed by atoms with Crippen molar-refractivity contribution < 1.29 is 9.53 Å². The van der Waals surface area contributed by atoms with Crippen molar-refractivity contribution in [3.05, 3.63) is 11.3 Å². The highest BCUT2D eigenvalue weighted by molar-refractivity contribution is 5.67. The lowest BCUT2D eigenvalue weighted by Gasteiger charge is -2.18. The molecular weight excluding hydrogens is 164 g/mol. The fourth-order valence-electron chi connectivity index (χ4n) is 1.80. The minimum absolute atomic E-state index is 0.175. The van der Waals surface area contributed by atoms with E-state index in [1.807, 2.05) is 0 Å². The first-order valence-corrected chi connectivity index (χ1v) is 5.13. The van der Waals surface area contributed by atoms with Gasteiger partial charge in [-0.15, -0.1) is 0 Å². The van der Waals surface area contributed by atoms with E-state index in [0.29, 0.717) is 0 Å². The van der Waals surface area contributed by atoms with Crippen molar-refractivity contribution >= 4 is 5.97 Å². The van der Waals surface area contributed by atoms with E-state index in [1.165, 1.54) is 18.9 Å². The van der Waals surface area contributed by atoms with Crippen molar-refractivity contribution in [2.45, 2.75) is 52.4 Å². The van der Waals surface area contributed by atoms with E-state index < -0.39 is 0 Å². The smallest absolute Gasteiger partial charge is 0.307 e. The highest BCUT2D eigenvalue weighted by Crippen LogP contribution is 2.28. The van der Waals surface area contributed by atoms with Gasteiger partial charge in [0.05, 0.1) is 0 Å². The zero-order valence-electron chi connectivity index (χ0n) is 8.56. The highest BCUT2D eigenvalue weighted by atomic mass is 16.5. The van der Waals surface area contributed by atoms with Crippen molar-refractivity contribution in [3.63, 3.8) is 0 Å². The van der Waals surface area contributed by atoms with Crippen LogP contribution in [-0.2, 0) is 9.53 Å².